The standard InChI is InChI=1S/C26H29N5O3/c1-4-23-26(30(2)17-19-11-13-27-14-12-19)31-18-20(5-10-24(31)29-23)25(32)28-15-16-34-22-8-6-21(33-3)7-9-22/h5-14,18H,4,15-17H2,1-3H3,(H,28,32). The molecule has 4 rings (SSSR count). The lowest BCUT2D eigenvalue weighted by Gasteiger charge is -2.20. The highest BCUT2D eigenvalue weighted by Gasteiger charge is 2.17. The normalized spacial score (nSPS) is 10.8. The number of benzene rings is 1. The molecule has 1 aromatic carbocycles. The molecule has 1 N–H and O–H groups in total. The molecule has 3 aromatic heterocycles. The van der Waals surface area contributed by atoms with Crippen molar-refractivity contribution < 1.29 is 14.3 Å². The molecule has 0 radical (unpaired) electrons. The molecule has 0 atom stereocenters. The van der Waals surface area contributed by atoms with Crippen molar-refractivity contribution in [1.29, 1.82) is 0 Å². The zero-order valence-corrected chi connectivity index (χ0v) is 19.7. The first-order chi connectivity index (χ1) is 16.6. The van der Waals surface area contributed by atoms with E-state index in [2.05, 4.69) is 22.1 Å². The van der Waals surface area contributed by atoms with Gasteiger partial charge in [0.25, 0.3) is 5.91 Å². The molecule has 0 aliphatic carbocycles. The molecule has 8 heteroatoms. The summed E-state index contributed by atoms with van der Waals surface area (Å²) in [6.45, 7) is 3.55. The Morgan fingerprint density at radius 3 is 2.50 bits per heavy atom. The highest BCUT2D eigenvalue weighted by molar-refractivity contribution is 5.94. The van der Waals surface area contributed by atoms with Crippen molar-refractivity contribution in [3.05, 3.63) is 83.9 Å². The number of rotatable bonds is 10. The minimum absolute atomic E-state index is 0.158. The summed E-state index contributed by atoms with van der Waals surface area (Å²) in [5, 5.41) is 2.92. The molecule has 4 aromatic rings. The molecular formula is C26H29N5O3. The van der Waals surface area contributed by atoms with Crippen LogP contribution in [0, 0.1) is 0 Å². The van der Waals surface area contributed by atoms with Crippen LogP contribution in [0.2, 0.25) is 0 Å². The van der Waals surface area contributed by atoms with Gasteiger partial charge in [0.05, 0.1) is 24.9 Å². The Hall–Kier alpha value is -4.07. The Balaban J connectivity index is 1.44. The van der Waals surface area contributed by atoms with Gasteiger partial charge < -0.3 is 19.7 Å². The zero-order chi connectivity index (χ0) is 23.9. The van der Waals surface area contributed by atoms with E-state index in [0.29, 0.717) is 25.3 Å². The highest BCUT2D eigenvalue weighted by atomic mass is 16.5. The van der Waals surface area contributed by atoms with E-state index in [1.54, 1.807) is 25.6 Å². The lowest BCUT2D eigenvalue weighted by atomic mass is 10.2. The maximum atomic E-state index is 12.8. The van der Waals surface area contributed by atoms with Crippen LogP contribution in [0.25, 0.3) is 5.65 Å². The molecule has 0 aliphatic heterocycles. The van der Waals surface area contributed by atoms with Gasteiger partial charge in [-0.15, -0.1) is 0 Å². The first-order valence-electron chi connectivity index (χ1n) is 11.2. The van der Waals surface area contributed by atoms with Crippen molar-refractivity contribution in [1.82, 2.24) is 19.7 Å². The molecule has 176 valence electrons. The smallest absolute Gasteiger partial charge is 0.252 e. The lowest BCUT2D eigenvalue weighted by Crippen LogP contribution is -2.28. The number of anilines is 1. The number of carbonyl (C=O) groups excluding carboxylic acids is 1. The molecule has 0 saturated heterocycles. The molecular weight excluding hydrogens is 430 g/mol. The summed E-state index contributed by atoms with van der Waals surface area (Å²) in [5.74, 6) is 2.32. The zero-order valence-electron chi connectivity index (χ0n) is 19.7. The maximum Gasteiger partial charge on any atom is 0.252 e. The number of nitrogens with one attached hydrogen (secondary N) is 1. The predicted molar refractivity (Wildman–Crippen MR) is 132 cm³/mol. The van der Waals surface area contributed by atoms with Gasteiger partial charge in [-0.3, -0.25) is 14.2 Å². The van der Waals surface area contributed by atoms with Gasteiger partial charge in [-0.1, -0.05) is 6.92 Å². The first kappa shape index (κ1) is 23.1. The number of pyridine rings is 2. The Kier molecular flexibility index (Phi) is 7.27. The van der Waals surface area contributed by atoms with Gasteiger partial charge in [0.1, 0.15) is 29.6 Å². The summed E-state index contributed by atoms with van der Waals surface area (Å²) in [7, 11) is 3.66. The van der Waals surface area contributed by atoms with E-state index in [4.69, 9.17) is 14.5 Å². The Labute approximate surface area is 199 Å². The second-order valence-electron chi connectivity index (χ2n) is 7.87. The SMILES string of the molecule is CCc1nc2ccc(C(=O)NCCOc3ccc(OC)cc3)cn2c1N(C)Cc1ccncc1. The number of carbonyl (C=O) groups is 1. The third-order valence-electron chi connectivity index (χ3n) is 5.51. The summed E-state index contributed by atoms with van der Waals surface area (Å²) < 4.78 is 12.8. The summed E-state index contributed by atoms with van der Waals surface area (Å²) >= 11 is 0. The third kappa shape index (κ3) is 5.28. The number of aryl methyl sites for hydroxylation is 1. The van der Waals surface area contributed by atoms with Crippen molar-refractivity contribution in [3.63, 3.8) is 0 Å². The van der Waals surface area contributed by atoms with Crippen LogP contribution in [-0.4, -0.2) is 47.6 Å². The van der Waals surface area contributed by atoms with Crippen molar-refractivity contribution in [2.24, 2.45) is 0 Å². The molecule has 0 unspecified atom stereocenters. The molecule has 0 bridgehead atoms. The maximum absolute atomic E-state index is 12.8. The van der Waals surface area contributed by atoms with Gasteiger partial charge in [0, 0.05) is 32.2 Å². The monoisotopic (exact) mass is 459 g/mol. The van der Waals surface area contributed by atoms with E-state index in [-0.39, 0.29) is 5.91 Å². The molecule has 34 heavy (non-hydrogen) atoms. The van der Waals surface area contributed by atoms with Gasteiger partial charge in [-0.25, -0.2) is 4.98 Å². The van der Waals surface area contributed by atoms with Gasteiger partial charge >= 0.3 is 0 Å². The van der Waals surface area contributed by atoms with Crippen LogP contribution < -0.4 is 19.7 Å². The summed E-state index contributed by atoms with van der Waals surface area (Å²) in [6, 6.07) is 15.0. The molecule has 0 spiro atoms. The number of aromatic nitrogens is 3. The van der Waals surface area contributed by atoms with Crippen molar-refractivity contribution >= 4 is 17.4 Å². The van der Waals surface area contributed by atoms with E-state index >= 15 is 0 Å². The quantitative estimate of drug-likeness (QED) is 0.364. The molecule has 0 fully saturated rings. The number of amides is 1. The fraction of sp³-hybridized carbons (Fsp3) is 0.269. The summed E-state index contributed by atoms with van der Waals surface area (Å²) in [5.41, 5.74) is 3.52. The van der Waals surface area contributed by atoms with Crippen LogP contribution in [0.1, 0.15) is 28.5 Å². The van der Waals surface area contributed by atoms with E-state index in [9.17, 15) is 4.79 Å². The second-order valence-corrected chi connectivity index (χ2v) is 7.87. The number of hydrogen-bond acceptors (Lipinski definition) is 6. The minimum atomic E-state index is -0.158. The predicted octanol–water partition coefficient (Wildman–Crippen LogP) is 3.75. The topological polar surface area (TPSA) is 81.0 Å². The second kappa shape index (κ2) is 10.7. The highest BCUT2D eigenvalue weighted by Crippen LogP contribution is 2.24. The average Bonchev–Trinajstić information content (AvgIpc) is 3.25. The molecule has 3 heterocycles. The van der Waals surface area contributed by atoms with Crippen LogP contribution in [-0.2, 0) is 13.0 Å². The summed E-state index contributed by atoms with van der Waals surface area (Å²) in [6.07, 6.45) is 6.22. The molecule has 0 saturated carbocycles. The molecule has 0 aliphatic rings. The number of fused-ring (bicyclic) bond motifs is 1. The Bertz CT molecular complexity index is 1240. The van der Waals surface area contributed by atoms with Gasteiger partial charge in [-0.2, -0.15) is 0 Å². The third-order valence-corrected chi connectivity index (χ3v) is 5.51. The Morgan fingerprint density at radius 2 is 1.79 bits per heavy atom. The number of nitrogens with zero attached hydrogens (tertiary/aromatic N) is 4. The summed E-state index contributed by atoms with van der Waals surface area (Å²) in [4.78, 5) is 23.8. The van der Waals surface area contributed by atoms with Crippen LogP contribution in [0.3, 0.4) is 0 Å². The van der Waals surface area contributed by atoms with Crippen LogP contribution in [0.5, 0.6) is 11.5 Å². The van der Waals surface area contributed by atoms with Crippen LogP contribution >= 0.6 is 0 Å². The van der Waals surface area contributed by atoms with E-state index in [0.717, 1.165) is 40.6 Å². The Morgan fingerprint density at radius 1 is 1.06 bits per heavy atom. The van der Waals surface area contributed by atoms with Gasteiger partial charge in [-0.05, 0) is 60.5 Å². The van der Waals surface area contributed by atoms with Crippen LogP contribution in [0.15, 0.2) is 67.1 Å². The number of imidazole rings is 1. The fourth-order valence-corrected chi connectivity index (χ4v) is 3.80. The van der Waals surface area contributed by atoms with E-state index < -0.39 is 0 Å². The van der Waals surface area contributed by atoms with E-state index in [1.807, 2.05) is 60.1 Å². The average molecular weight is 460 g/mol. The number of hydrogen-bond donors (Lipinski definition) is 1. The fourth-order valence-electron chi connectivity index (χ4n) is 3.80. The minimum Gasteiger partial charge on any atom is -0.497 e. The first-order valence-corrected chi connectivity index (χ1v) is 11.2. The largest absolute Gasteiger partial charge is 0.497 e. The lowest BCUT2D eigenvalue weighted by molar-refractivity contribution is 0.0946. The van der Waals surface area contributed by atoms with Crippen molar-refractivity contribution in [2.45, 2.75) is 19.9 Å². The van der Waals surface area contributed by atoms with Crippen molar-refractivity contribution in [2.75, 3.05) is 32.2 Å². The van der Waals surface area contributed by atoms with Crippen LogP contribution in [0.4, 0.5) is 5.82 Å². The molecule has 8 nitrogen and oxygen atoms in total. The van der Waals surface area contributed by atoms with Gasteiger partial charge in [0.15, 0.2) is 0 Å². The van der Waals surface area contributed by atoms with Gasteiger partial charge in [0.2, 0.25) is 0 Å². The number of ether oxygens (including phenoxy) is 2. The number of methoxy groups -OCH3 is 1. The van der Waals surface area contributed by atoms with Crippen molar-refractivity contribution in [3.8, 4) is 11.5 Å². The molecule has 1 amide bonds. The van der Waals surface area contributed by atoms with E-state index in [1.165, 1.54) is 0 Å².